The van der Waals surface area contributed by atoms with E-state index in [2.05, 4.69) is 15.6 Å². The number of nitrogens with two attached hydrogens (primary N) is 1. The van der Waals surface area contributed by atoms with Gasteiger partial charge < -0.3 is 16.4 Å². The lowest BCUT2D eigenvalue weighted by Crippen LogP contribution is -2.34. The molecule has 0 aliphatic rings. The third-order valence-electron chi connectivity index (χ3n) is 4.09. The average molecular weight is 407 g/mol. The van der Waals surface area contributed by atoms with Crippen LogP contribution in [0.3, 0.4) is 0 Å². The molecule has 29 heavy (non-hydrogen) atoms. The number of para-hydroxylation sites is 1. The Morgan fingerprint density at radius 2 is 1.79 bits per heavy atom. The summed E-state index contributed by atoms with van der Waals surface area (Å²) in [7, 11) is 0. The third kappa shape index (κ3) is 5.67. The molecule has 146 valence electrons. The van der Waals surface area contributed by atoms with Crippen LogP contribution < -0.4 is 16.4 Å². The van der Waals surface area contributed by atoms with Gasteiger partial charge in [-0.1, -0.05) is 35.9 Å². The number of anilines is 1. The summed E-state index contributed by atoms with van der Waals surface area (Å²) in [5.41, 5.74) is 8.43. The zero-order valence-corrected chi connectivity index (χ0v) is 16.2. The molecule has 0 radical (unpaired) electrons. The summed E-state index contributed by atoms with van der Waals surface area (Å²) >= 11 is 5.87. The fourth-order valence-electron chi connectivity index (χ4n) is 2.55. The summed E-state index contributed by atoms with van der Waals surface area (Å²) in [4.78, 5) is 29.4. The number of carbonyl (C=O) groups is 2. The van der Waals surface area contributed by atoms with E-state index in [4.69, 9.17) is 17.3 Å². The van der Waals surface area contributed by atoms with Gasteiger partial charge in [0.05, 0.1) is 0 Å². The molecular weight excluding hydrogens is 388 g/mol. The van der Waals surface area contributed by atoms with Crippen molar-refractivity contribution in [2.75, 3.05) is 5.73 Å². The number of benzene rings is 2. The molecule has 0 fully saturated rings. The zero-order valence-electron chi connectivity index (χ0n) is 15.4. The predicted octanol–water partition coefficient (Wildman–Crippen LogP) is 3.40. The number of nitrogen functional groups attached to an aromatic ring is 1. The fourth-order valence-corrected chi connectivity index (χ4v) is 2.67. The minimum absolute atomic E-state index is 0.0902. The second-order valence-electron chi connectivity index (χ2n) is 6.19. The maximum Gasteiger partial charge on any atom is 0.268 e. The number of carbonyl (C=O) groups excluding carboxylic acids is 2. The van der Waals surface area contributed by atoms with E-state index < -0.39 is 11.8 Å². The summed E-state index contributed by atoms with van der Waals surface area (Å²) in [5, 5.41) is 5.96. The molecule has 6 nitrogen and oxygen atoms in total. The monoisotopic (exact) mass is 406 g/mol. The molecule has 1 aromatic heterocycles. The van der Waals surface area contributed by atoms with Crippen molar-refractivity contribution in [3.05, 3.63) is 100 Å². The van der Waals surface area contributed by atoms with Gasteiger partial charge >= 0.3 is 0 Å². The minimum atomic E-state index is -0.445. The molecule has 3 rings (SSSR count). The molecule has 7 heteroatoms. The van der Waals surface area contributed by atoms with E-state index in [1.807, 2.05) is 18.2 Å². The van der Waals surface area contributed by atoms with Gasteiger partial charge in [0.15, 0.2) is 0 Å². The van der Waals surface area contributed by atoms with Gasteiger partial charge in [-0.05, 0) is 53.6 Å². The van der Waals surface area contributed by atoms with Gasteiger partial charge in [0.25, 0.3) is 11.8 Å². The van der Waals surface area contributed by atoms with Crippen molar-refractivity contribution in [1.29, 1.82) is 0 Å². The highest BCUT2D eigenvalue weighted by Crippen LogP contribution is 2.12. The first-order chi connectivity index (χ1) is 14.0. The molecule has 1 heterocycles. The molecule has 0 atom stereocenters. The molecule has 2 amide bonds. The van der Waals surface area contributed by atoms with Gasteiger partial charge in [0, 0.05) is 35.2 Å². The molecule has 4 N–H and O–H groups in total. The molecular formula is C22H19ClN4O2. The number of pyridine rings is 1. The van der Waals surface area contributed by atoms with Crippen LogP contribution in [0, 0.1) is 0 Å². The topological polar surface area (TPSA) is 97.1 Å². The van der Waals surface area contributed by atoms with E-state index in [1.165, 1.54) is 0 Å². The van der Waals surface area contributed by atoms with Crippen molar-refractivity contribution in [1.82, 2.24) is 15.6 Å². The lowest BCUT2D eigenvalue weighted by Gasteiger charge is -2.12. The molecule has 2 aromatic carbocycles. The van der Waals surface area contributed by atoms with Gasteiger partial charge in [0.1, 0.15) is 5.70 Å². The highest BCUT2D eigenvalue weighted by molar-refractivity contribution is 6.30. The van der Waals surface area contributed by atoms with Crippen LogP contribution in [0.4, 0.5) is 5.69 Å². The standard InChI is InChI=1S/C22H19ClN4O2/c23-18-9-7-16(8-10-18)21(28)27-20(12-15-4-3-11-25-13-15)22(29)26-14-17-5-1-2-6-19(17)24/h1-13H,14,24H2,(H,26,29)(H,27,28). The predicted molar refractivity (Wildman–Crippen MR) is 114 cm³/mol. The SMILES string of the molecule is Nc1ccccc1CNC(=O)C(=Cc1cccnc1)NC(=O)c1ccc(Cl)cc1. The Kier molecular flexibility index (Phi) is 6.60. The Morgan fingerprint density at radius 1 is 1.03 bits per heavy atom. The van der Waals surface area contributed by atoms with E-state index in [0.29, 0.717) is 21.8 Å². The van der Waals surface area contributed by atoms with E-state index in [0.717, 1.165) is 5.56 Å². The number of amides is 2. The second-order valence-corrected chi connectivity index (χ2v) is 6.62. The first-order valence-corrected chi connectivity index (χ1v) is 9.21. The molecule has 0 spiro atoms. The number of nitrogens with zero attached hydrogens (tertiary/aromatic N) is 1. The van der Waals surface area contributed by atoms with Crippen molar-refractivity contribution >= 4 is 35.2 Å². The number of nitrogens with one attached hydrogen (secondary N) is 2. The lowest BCUT2D eigenvalue weighted by molar-refractivity contribution is -0.117. The first kappa shape index (κ1) is 20.1. The van der Waals surface area contributed by atoms with Crippen LogP contribution in [0.15, 0.2) is 78.8 Å². The smallest absolute Gasteiger partial charge is 0.268 e. The molecule has 0 aliphatic carbocycles. The molecule has 3 aromatic rings. The van der Waals surface area contributed by atoms with Crippen LogP contribution in [-0.2, 0) is 11.3 Å². The van der Waals surface area contributed by atoms with E-state index in [9.17, 15) is 9.59 Å². The van der Waals surface area contributed by atoms with Crippen molar-refractivity contribution in [3.8, 4) is 0 Å². The van der Waals surface area contributed by atoms with E-state index in [1.54, 1.807) is 60.9 Å². The maximum atomic E-state index is 12.8. The Bertz CT molecular complexity index is 1030. The number of halogens is 1. The highest BCUT2D eigenvalue weighted by atomic mass is 35.5. The van der Waals surface area contributed by atoms with E-state index in [-0.39, 0.29) is 12.2 Å². The number of aromatic nitrogens is 1. The van der Waals surface area contributed by atoms with Crippen LogP contribution in [0.2, 0.25) is 5.02 Å². The van der Waals surface area contributed by atoms with Crippen LogP contribution in [0.25, 0.3) is 6.08 Å². The van der Waals surface area contributed by atoms with Gasteiger partial charge in [-0.2, -0.15) is 0 Å². The van der Waals surface area contributed by atoms with Crippen molar-refractivity contribution in [3.63, 3.8) is 0 Å². The van der Waals surface area contributed by atoms with Gasteiger partial charge in [-0.3, -0.25) is 14.6 Å². The zero-order chi connectivity index (χ0) is 20.6. The Balaban J connectivity index is 1.80. The largest absolute Gasteiger partial charge is 0.398 e. The number of hydrogen-bond acceptors (Lipinski definition) is 4. The van der Waals surface area contributed by atoms with Crippen LogP contribution in [0.1, 0.15) is 21.5 Å². The summed E-state index contributed by atoms with van der Waals surface area (Å²) in [6.07, 6.45) is 4.78. The second kappa shape index (κ2) is 9.52. The first-order valence-electron chi connectivity index (χ1n) is 8.83. The van der Waals surface area contributed by atoms with Crippen LogP contribution in [-0.4, -0.2) is 16.8 Å². The molecule has 0 bridgehead atoms. The van der Waals surface area contributed by atoms with Crippen molar-refractivity contribution in [2.45, 2.75) is 6.54 Å². The quantitative estimate of drug-likeness (QED) is 0.431. The number of rotatable bonds is 6. The number of hydrogen-bond donors (Lipinski definition) is 3. The lowest BCUT2D eigenvalue weighted by atomic mass is 10.1. The Labute approximate surface area is 173 Å². The highest BCUT2D eigenvalue weighted by Gasteiger charge is 2.15. The van der Waals surface area contributed by atoms with Crippen LogP contribution in [0.5, 0.6) is 0 Å². The normalized spacial score (nSPS) is 11.0. The van der Waals surface area contributed by atoms with Crippen molar-refractivity contribution < 1.29 is 9.59 Å². The third-order valence-corrected chi connectivity index (χ3v) is 4.34. The maximum absolute atomic E-state index is 12.8. The molecule has 0 saturated carbocycles. The summed E-state index contributed by atoms with van der Waals surface area (Å²) in [5.74, 6) is -0.870. The molecule has 0 aliphatic heterocycles. The summed E-state index contributed by atoms with van der Waals surface area (Å²) < 4.78 is 0. The van der Waals surface area contributed by atoms with Gasteiger partial charge in [-0.25, -0.2) is 0 Å². The van der Waals surface area contributed by atoms with Crippen LogP contribution >= 0.6 is 11.6 Å². The van der Waals surface area contributed by atoms with Gasteiger partial charge in [-0.15, -0.1) is 0 Å². The summed E-state index contributed by atoms with van der Waals surface area (Å²) in [6, 6.07) is 17.2. The van der Waals surface area contributed by atoms with Gasteiger partial charge in [0.2, 0.25) is 0 Å². The van der Waals surface area contributed by atoms with Crippen molar-refractivity contribution in [2.24, 2.45) is 0 Å². The molecule has 0 saturated heterocycles. The minimum Gasteiger partial charge on any atom is -0.398 e. The fraction of sp³-hybridized carbons (Fsp3) is 0.0455. The average Bonchev–Trinajstić information content (AvgIpc) is 2.73. The Morgan fingerprint density at radius 3 is 2.48 bits per heavy atom. The Hall–Kier alpha value is -3.64. The molecule has 0 unspecified atom stereocenters. The summed E-state index contributed by atoms with van der Waals surface area (Å²) in [6.45, 7) is 0.229. The van der Waals surface area contributed by atoms with E-state index >= 15 is 0 Å².